The Morgan fingerprint density at radius 1 is 0.680 bits per heavy atom. The quantitative estimate of drug-likeness (QED) is 0.0254. The number of allylic oxidation sites excluding steroid dienone is 4. The summed E-state index contributed by atoms with van der Waals surface area (Å²) >= 11 is 0. The molecule has 0 saturated heterocycles. The van der Waals surface area contributed by atoms with E-state index in [1.54, 1.807) is 0 Å². The van der Waals surface area contributed by atoms with Crippen molar-refractivity contribution in [3.8, 4) is 0 Å². The topological polar surface area (TPSA) is 105 Å². The van der Waals surface area contributed by atoms with Gasteiger partial charge in [-0.3, -0.25) is 13.8 Å². The smallest absolute Gasteiger partial charge is 0.391 e. The zero-order chi connectivity index (χ0) is 37.2. The molecule has 3 atom stereocenters. The lowest BCUT2D eigenvalue weighted by Crippen LogP contribution is -2.46. The highest BCUT2D eigenvalue weighted by molar-refractivity contribution is 7.47. The van der Waals surface area contributed by atoms with E-state index in [0.717, 1.165) is 38.5 Å². The Kier molecular flexibility index (Phi) is 33.1. The Morgan fingerprint density at radius 2 is 1.12 bits per heavy atom. The molecule has 296 valence electrons. The van der Waals surface area contributed by atoms with Gasteiger partial charge in [-0.2, -0.15) is 0 Å². The van der Waals surface area contributed by atoms with Gasteiger partial charge in [0.25, 0.3) is 0 Å². The minimum absolute atomic E-state index is 0.0741. The lowest BCUT2D eigenvalue weighted by atomic mass is 10.0. The average Bonchev–Trinajstić information content (AvgIpc) is 3.06. The highest BCUT2D eigenvalue weighted by Crippen LogP contribution is 2.43. The first-order valence-corrected chi connectivity index (χ1v) is 22.2. The van der Waals surface area contributed by atoms with E-state index in [1.807, 2.05) is 21.1 Å². The summed E-state index contributed by atoms with van der Waals surface area (Å²) in [6.07, 6.45) is 37.7. The minimum atomic E-state index is -4.30. The number of aliphatic hydroxyl groups excluding tert-OH is 1. The Bertz CT molecular complexity index is 876. The fourth-order valence-electron chi connectivity index (χ4n) is 5.86. The molecule has 3 unspecified atom stereocenters. The number of phosphoric ester groups is 1. The van der Waals surface area contributed by atoms with Crippen LogP contribution in [0.2, 0.25) is 0 Å². The number of likely N-dealkylation sites (N-methyl/N-ethyl adjacent to an activating group) is 1. The third-order valence-corrected chi connectivity index (χ3v) is 10.2. The van der Waals surface area contributed by atoms with E-state index < -0.39 is 20.0 Å². The van der Waals surface area contributed by atoms with Crippen molar-refractivity contribution in [2.75, 3.05) is 40.9 Å². The molecule has 0 aromatic rings. The number of hydrogen-bond acceptors (Lipinski definition) is 5. The molecule has 0 aromatic heterocycles. The monoisotopic (exact) mass is 730 g/mol. The number of nitrogens with one attached hydrogen (secondary N) is 1. The Labute approximate surface area is 309 Å². The Morgan fingerprint density at radius 3 is 1.64 bits per heavy atom. The van der Waals surface area contributed by atoms with E-state index in [9.17, 15) is 19.4 Å². The molecule has 0 fully saturated rings. The zero-order valence-electron chi connectivity index (χ0n) is 33.4. The lowest BCUT2D eigenvalue weighted by Gasteiger charge is -2.26. The van der Waals surface area contributed by atoms with Crippen LogP contribution in [0.5, 0.6) is 0 Å². The van der Waals surface area contributed by atoms with Gasteiger partial charge in [0.05, 0.1) is 39.9 Å². The molecular formula is C41H82N2O6P+. The van der Waals surface area contributed by atoms with Gasteiger partial charge in [-0.25, -0.2) is 4.57 Å². The van der Waals surface area contributed by atoms with Crippen LogP contribution in [0.4, 0.5) is 0 Å². The van der Waals surface area contributed by atoms with Crippen molar-refractivity contribution in [3.05, 3.63) is 24.3 Å². The minimum Gasteiger partial charge on any atom is -0.391 e. The van der Waals surface area contributed by atoms with E-state index in [2.05, 4.69) is 43.5 Å². The van der Waals surface area contributed by atoms with Gasteiger partial charge in [0.2, 0.25) is 5.91 Å². The number of nitrogens with zero attached hydrogens (tertiary/aromatic N) is 1. The molecule has 50 heavy (non-hydrogen) atoms. The first-order chi connectivity index (χ1) is 24.0. The van der Waals surface area contributed by atoms with Crippen LogP contribution in [-0.4, -0.2) is 73.4 Å². The summed E-state index contributed by atoms with van der Waals surface area (Å²) in [6, 6.07) is -0.757. The van der Waals surface area contributed by atoms with Gasteiger partial charge in [-0.15, -0.1) is 0 Å². The van der Waals surface area contributed by atoms with E-state index in [0.29, 0.717) is 23.9 Å². The van der Waals surface area contributed by atoms with Crippen LogP contribution in [0.3, 0.4) is 0 Å². The lowest BCUT2D eigenvalue weighted by molar-refractivity contribution is -0.870. The predicted molar refractivity (Wildman–Crippen MR) is 212 cm³/mol. The van der Waals surface area contributed by atoms with Gasteiger partial charge in [0.1, 0.15) is 13.2 Å². The zero-order valence-corrected chi connectivity index (χ0v) is 34.3. The fraction of sp³-hybridized carbons (Fsp3) is 0.878. The van der Waals surface area contributed by atoms with E-state index in [4.69, 9.17) is 9.05 Å². The first-order valence-electron chi connectivity index (χ1n) is 20.7. The molecule has 9 heteroatoms. The molecule has 3 N–H and O–H groups in total. The molecule has 0 aliphatic heterocycles. The van der Waals surface area contributed by atoms with Gasteiger partial charge in [-0.1, -0.05) is 160 Å². The number of carbonyl (C=O) groups excluding carboxylic acids is 1. The predicted octanol–water partition coefficient (Wildman–Crippen LogP) is 11.0. The maximum atomic E-state index is 12.8. The molecule has 0 aliphatic carbocycles. The van der Waals surface area contributed by atoms with Crippen molar-refractivity contribution in [3.63, 3.8) is 0 Å². The van der Waals surface area contributed by atoms with Crippen LogP contribution >= 0.6 is 7.82 Å². The van der Waals surface area contributed by atoms with Crippen LogP contribution < -0.4 is 5.32 Å². The summed E-state index contributed by atoms with van der Waals surface area (Å²) < 4.78 is 23.5. The van der Waals surface area contributed by atoms with Gasteiger partial charge >= 0.3 is 7.82 Å². The molecule has 0 aliphatic rings. The highest BCUT2D eigenvalue weighted by atomic mass is 31.2. The van der Waals surface area contributed by atoms with Crippen molar-refractivity contribution in [1.29, 1.82) is 0 Å². The molecule has 0 radical (unpaired) electrons. The molecule has 0 rings (SSSR count). The third kappa shape index (κ3) is 35.4. The number of unbranched alkanes of at least 4 members (excludes halogenated alkanes) is 21. The molecule has 0 aromatic carbocycles. The SMILES string of the molecule is CCCCC/C=C\C=C/CCCCCCCCCCCCC(=O)NC(COP(=O)(O)OCC[N+](C)(C)C)C(O)CCCCCCCCCCC. The van der Waals surface area contributed by atoms with Crippen LogP contribution in [0.1, 0.15) is 181 Å². The number of aliphatic hydroxyl groups is 1. The van der Waals surface area contributed by atoms with Crippen molar-refractivity contribution >= 4 is 13.7 Å². The van der Waals surface area contributed by atoms with Gasteiger partial charge in [0, 0.05) is 6.42 Å². The molecule has 0 spiro atoms. The second-order valence-corrected chi connectivity index (χ2v) is 16.8. The highest BCUT2D eigenvalue weighted by Gasteiger charge is 2.28. The molecule has 0 bridgehead atoms. The summed E-state index contributed by atoms with van der Waals surface area (Å²) in [5.41, 5.74) is 0. The summed E-state index contributed by atoms with van der Waals surface area (Å²) in [4.78, 5) is 23.0. The number of amides is 1. The second-order valence-electron chi connectivity index (χ2n) is 15.4. The normalized spacial score (nSPS) is 14.8. The van der Waals surface area contributed by atoms with E-state index in [1.165, 1.54) is 116 Å². The molecular weight excluding hydrogens is 647 g/mol. The van der Waals surface area contributed by atoms with Gasteiger partial charge in [-0.05, 0) is 38.5 Å². The molecule has 0 heterocycles. The number of hydrogen-bond donors (Lipinski definition) is 3. The van der Waals surface area contributed by atoms with Crippen molar-refractivity contribution in [2.45, 2.75) is 193 Å². The summed E-state index contributed by atoms with van der Waals surface area (Å²) in [6.45, 7) is 4.82. The van der Waals surface area contributed by atoms with Crippen LogP contribution in [0, 0.1) is 0 Å². The fourth-order valence-corrected chi connectivity index (χ4v) is 6.59. The van der Waals surface area contributed by atoms with E-state index in [-0.39, 0.29) is 19.1 Å². The number of quaternary nitrogens is 1. The Balaban J connectivity index is 4.30. The van der Waals surface area contributed by atoms with Gasteiger partial charge < -0.3 is 19.8 Å². The average molecular weight is 730 g/mol. The summed E-state index contributed by atoms with van der Waals surface area (Å²) in [5.74, 6) is -0.152. The second kappa shape index (κ2) is 33.8. The van der Waals surface area contributed by atoms with Crippen LogP contribution in [0.15, 0.2) is 24.3 Å². The summed E-state index contributed by atoms with van der Waals surface area (Å²) in [7, 11) is 1.61. The van der Waals surface area contributed by atoms with Crippen molar-refractivity contribution in [2.24, 2.45) is 0 Å². The maximum Gasteiger partial charge on any atom is 0.472 e. The number of carbonyl (C=O) groups is 1. The molecule has 8 nitrogen and oxygen atoms in total. The first kappa shape index (κ1) is 49.0. The van der Waals surface area contributed by atoms with E-state index >= 15 is 0 Å². The number of phosphoric acid groups is 1. The van der Waals surface area contributed by atoms with Crippen LogP contribution in [-0.2, 0) is 18.4 Å². The third-order valence-electron chi connectivity index (χ3n) is 9.23. The van der Waals surface area contributed by atoms with Crippen molar-refractivity contribution < 1.29 is 32.9 Å². The van der Waals surface area contributed by atoms with Crippen molar-refractivity contribution in [1.82, 2.24) is 5.32 Å². The standard InChI is InChI=1S/C41H81N2O6P/c1-6-8-10-12-14-16-17-18-19-20-21-22-23-24-25-27-29-31-33-35-41(45)42-39(38-49-50(46,47)48-37-36-43(3,4)5)40(44)34-32-30-28-26-15-13-11-9-7-2/h14,16-18,39-40,44H,6-13,15,19-38H2,1-5H3,(H-,42,45,46,47)/p+1/b16-14-,18-17-. The summed E-state index contributed by atoms with van der Waals surface area (Å²) in [5, 5.41) is 13.9. The largest absolute Gasteiger partial charge is 0.472 e. The van der Waals surface area contributed by atoms with Crippen LogP contribution in [0.25, 0.3) is 0 Å². The Hall–Kier alpha value is -1.02. The number of rotatable bonds is 37. The molecule has 0 saturated carbocycles. The maximum absolute atomic E-state index is 12.8. The molecule has 1 amide bonds. The van der Waals surface area contributed by atoms with Gasteiger partial charge in [0.15, 0.2) is 0 Å².